The molecule has 0 aromatic rings. The van der Waals surface area contributed by atoms with Crippen molar-refractivity contribution in [1.29, 1.82) is 0 Å². The zero-order chi connectivity index (χ0) is 16.9. The van der Waals surface area contributed by atoms with Gasteiger partial charge in [-0.1, -0.05) is 70.4 Å². The molecule has 2 atom stereocenters. The van der Waals surface area contributed by atoms with Crippen LogP contribution in [-0.2, 0) is 14.3 Å². The van der Waals surface area contributed by atoms with Gasteiger partial charge in [-0.2, -0.15) is 0 Å². The van der Waals surface area contributed by atoms with Crippen molar-refractivity contribution in [1.82, 2.24) is 0 Å². The summed E-state index contributed by atoms with van der Waals surface area (Å²) in [5, 5.41) is 9.16. The summed E-state index contributed by atoms with van der Waals surface area (Å²) >= 11 is 0. The number of unbranched alkanes of at least 4 members (excludes halogenated alkanes) is 8. The molecule has 4 heteroatoms. The molecule has 0 bridgehead atoms. The molecule has 0 spiro atoms. The molecule has 23 heavy (non-hydrogen) atoms. The number of carboxylic acid groups (broad SMARTS) is 1. The molecule has 0 aromatic heterocycles. The molecule has 1 rings (SSSR count). The van der Waals surface area contributed by atoms with E-state index < -0.39 is 17.8 Å². The second-order valence-corrected chi connectivity index (χ2v) is 6.49. The maximum atomic E-state index is 12.0. The van der Waals surface area contributed by atoms with Crippen LogP contribution in [0, 0.1) is 11.8 Å². The molecule has 2 unspecified atom stereocenters. The molecule has 1 aliphatic carbocycles. The van der Waals surface area contributed by atoms with Gasteiger partial charge in [0.05, 0.1) is 18.4 Å². The Labute approximate surface area is 140 Å². The molecule has 0 aromatic carbocycles. The fourth-order valence-corrected chi connectivity index (χ4v) is 3.04. The number of aliphatic carboxylic acids is 1. The lowest BCUT2D eigenvalue weighted by molar-refractivity contribution is -0.158. The van der Waals surface area contributed by atoms with E-state index in [9.17, 15) is 9.59 Å². The highest BCUT2D eigenvalue weighted by Gasteiger charge is 2.34. The summed E-state index contributed by atoms with van der Waals surface area (Å²) < 4.78 is 5.29. The van der Waals surface area contributed by atoms with Crippen molar-refractivity contribution < 1.29 is 19.4 Å². The van der Waals surface area contributed by atoms with Crippen LogP contribution < -0.4 is 0 Å². The Balaban J connectivity index is 2.05. The first kappa shape index (κ1) is 19.7. The number of carboxylic acids is 1. The number of allylic oxidation sites excluding steroid dienone is 2. The molecule has 0 saturated heterocycles. The highest BCUT2D eigenvalue weighted by atomic mass is 16.5. The Bertz CT molecular complexity index is 376. The standard InChI is InChI=1S/C19H32O4/c1-2-3-4-5-6-7-8-9-12-15-23-19(22)17-14-11-10-13-16(17)18(20)21/h10-11,16-17H,2-9,12-15H2,1H3,(H,20,21). The van der Waals surface area contributed by atoms with E-state index in [0.29, 0.717) is 19.4 Å². The Kier molecular flexibility index (Phi) is 10.4. The van der Waals surface area contributed by atoms with Crippen molar-refractivity contribution in [2.45, 2.75) is 77.6 Å². The first-order valence-corrected chi connectivity index (χ1v) is 9.21. The van der Waals surface area contributed by atoms with E-state index in [1.165, 1.54) is 44.9 Å². The Hall–Kier alpha value is -1.32. The monoisotopic (exact) mass is 324 g/mol. The normalized spacial score (nSPS) is 20.4. The molecule has 0 fully saturated rings. The molecule has 1 aliphatic rings. The Morgan fingerprint density at radius 2 is 1.43 bits per heavy atom. The van der Waals surface area contributed by atoms with Gasteiger partial charge in [-0.25, -0.2) is 0 Å². The van der Waals surface area contributed by atoms with Gasteiger partial charge in [0.1, 0.15) is 0 Å². The maximum Gasteiger partial charge on any atom is 0.310 e. The lowest BCUT2D eigenvalue weighted by Gasteiger charge is -2.23. The number of rotatable bonds is 12. The number of esters is 1. The molecule has 0 radical (unpaired) electrons. The van der Waals surface area contributed by atoms with Gasteiger partial charge in [0.15, 0.2) is 0 Å². The Morgan fingerprint density at radius 1 is 0.913 bits per heavy atom. The summed E-state index contributed by atoms with van der Waals surface area (Å²) in [5.74, 6) is -2.40. The molecule has 0 saturated carbocycles. The molecular weight excluding hydrogens is 292 g/mol. The minimum absolute atomic E-state index is 0.346. The minimum Gasteiger partial charge on any atom is -0.481 e. The van der Waals surface area contributed by atoms with Crippen LogP contribution in [0.2, 0.25) is 0 Å². The van der Waals surface area contributed by atoms with E-state index in [-0.39, 0.29) is 5.97 Å². The SMILES string of the molecule is CCCCCCCCCCCOC(=O)C1CC=CCC1C(=O)O. The van der Waals surface area contributed by atoms with E-state index in [1.54, 1.807) is 0 Å². The first-order chi connectivity index (χ1) is 11.2. The van der Waals surface area contributed by atoms with Crippen molar-refractivity contribution in [3.05, 3.63) is 12.2 Å². The number of carbonyl (C=O) groups excluding carboxylic acids is 1. The first-order valence-electron chi connectivity index (χ1n) is 9.21. The van der Waals surface area contributed by atoms with E-state index in [1.807, 2.05) is 12.2 Å². The van der Waals surface area contributed by atoms with E-state index in [0.717, 1.165) is 12.8 Å². The predicted molar refractivity (Wildman–Crippen MR) is 91.2 cm³/mol. The molecule has 0 heterocycles. The van der Waals surface area contributed by atoms with Gasteiger partial charge in [0.25, 0.3) is 0 Å². The fourth-order valence-electron chi connectivity index (χ4n) is 3.04. The van der Waals surface area contributed by atoms with Crippen LogP contribution in [0.15, 0.2) is 12.2 Å². The van der Waals surface area contributed by atoms with E-state index in [2.05, 4.69) is 6.92 Å². The summed E-state index contributed by atoms with van der Waals surface area (Å²) in [6.07, 6.45) is 15.6. The van der Waals surface area contributed by atoms with E-state index in [4.69, 9.17) is 9.84 Å². The van der Waals surface area contributed by atoms with Gasteiger partial charge in [-0.05, 0) is 19.3 Å². The average Bonchev–Trinajstić information content (AvgIpc) is 2.56. The second kappa shape index (κ2) is 12.1. The Morgan fingerprint density at radius 3 is 2.00 bits per heavy atom. The molecule has 0 aliphatic heterocycles. The van der Waals surface area contributed by atoms with Crippen molar-refractivity contribution >= 4 is 11.9 Å². The number of hydrogen-bond acceptors (Lipinski definition) is 3. The van der Waals surface area contributed by atoms with Gasteiger partial charge < -0.3 is 9.84 Å². The summed E-state index contributed by atoms with van der Waals surface area (Å²) in [6.45, 7) is 2.64. The zero-order valence-electron chi connectivity index (χ0n) is 14.5. The van der Waals surface area contributed by atoms with Gasteiger partial charge in [-0.15, -0.1) is 0 Å². The van der Waals surface area contributed by atoms with Gasteiger partial charge in [0.2, 0.25) is 0 Å². The molecular formula is C19H32O4. The average molecular weight is 324 g/mol. The van der Waals surface area contributed by atoms with Crippen LogP contribution in [0.4, 0.5) is 0 Å². The number of carbonyl (C=O) groups is 2. The third-order valence-corrected chi connectivity index (χ3v) is 4.54. The van der Waals surface area contributed by atoms with Crippen molar-refractivity contribution in [3.8, 4) is 0 Å². The quantitative estimate of drug-likeness (QED) is 0.320. The topological polar surface area (TPSA) is 63.6 Å². The summed E-state index contributed by atoms with van der Waals surface area (Å²) in [5.41, 5.74) is 0. The van der Waals surface area contributed by atoms with Crippen LogP contribution in [0.1, 0.15) is 77.6 Å². The van der Waals surface area contributed by atoms with Crippen LogP contribution >= 0.6 is 0 Å². The summed E-state index contributed by atoms with van der Waals surface area (Å²) in [4.78, 5) is 23.2. The summed E-state index contributed by atoms with van der Waals surface area (Å²) in [6, 6.07) is 0. The smallest absolute Gasteiger partial charge is 0.310 e. The van der Waals surface area contributed by atoms with Gasteiger partial charge >= 0.3 is 11.9 Å². The van der Waals surface area contributed by atoms with Crippen molar-refractivity contribution in [3.63, 3.8) is 0 Å². The van der Waals surface area contributed by atoms with Crippen molar-refractivity contribution in [2.24, 2.45) is 11.8 Å². The van der Waals surface area contributed by atoms with Crippen LogP contribution in [0.3, 0.4) is 0 Å². The third-order valence-electron chi connectivity index (χ3n) is 4.54. The molecule has 4 nitrogen and oxygen atoms in total. The fraction of sp³-hybridized carbons (Fsp3) is 0.789. The van der Waals surface area contributed by atoms with Crippen LogP contribution in [0.5, 0.6) is 0 Å². The number of ether oxygens (including phenoxy) is 1. The minimum atomic E-state index is -0.903. The van der Waals surface area contributed by atoms with Gasteiger partial charge in [0, 0.05) is 0 Å². The highest BCUT2D eigenvalue weighted by molar-refractivity contribution is 5.81. The molecule has 1 N–H and O–H groups in total. The number of hydrogen-bond donors (Lipinski definition) is 1. The maximum absolute atomic E-state index is 12.0. The van der Waals surface area contributed by atoms with E-state index >= 15 is 0 Å². The lowest BCUT2D eigenvalue weighted by Crippen LogP contribution is -2.32. The van der Waals surface area contributed by atoms with Crippen LogP contribution in [0.25, 0.3) is 0 Å². The second-order valence-electron chi connectivity index (χ2n) is 6.49. The summed E-state index contributed by atoms with van der Waals surface area (Å²) in [7, 11) is 0. The predicted octanol–water partition coefficient (Wildman–Crippen LogP) is 4.73. The molecule has 132 valence electrons. The largest absolute Gasteiger partial charge is 0.481 e. The third kappa shape index (κ3) is 8.19. The van der Waals surface area contributed by atoms with Crippen molar-refractivity contribution in [2.75, 3.05) is 6.61 Å². The zero-order valence-corrected chi connectivity index (χ0v) is 14.5. The van der Waals surface area contributed by atoms with Crippen LogP contribution in [-0.4, -0.2) is 23.7 Å². The highest BCUT2D eigenvalue weighted by Crippen LogP contribution is 2.27. The molecule has 0 amide bonds. The van der Waals surface area contributed by atoms with Gasteiger partial charge in [-0.3, -0.25) is 9.59 Å². The lowest BCUT2D eigenvalue weighted by atomic mass is 9.83.